The average molecular weight is 292 g/mol. The number of carbonyl (C=O) groups is 2. The van der Waals surface area contributed by atoms with Crippen molar-refractivity contribution in [1.82, 2.24) is 9.62 Å². The molecule has 0 saturated carbocycles. The van der Waals surface area contributed by atoms with Crippen molar-refractivity contribution in [2.75, 3.05) is 0 Å². The van der Waals surface area contributed by atoms with Gasteiger partial charge in [-0.1, -0.05) is 31.0 Å². The van der Waals surface area contributed by atoms with Gasteiger partial charge >= 0.3 is 12.2 Å². The van der Waals surface area contributed by atoms with Crippen LogP contribution in [0.3, 0.4) is 0 Å². The molecule has 8 heteroatoms. The number of hydrogen-bond acceptors (Lipinski definition) is 3. The third-order valence-electron chi connectivity index (χ3n) is 2.24. The lowest BCUT2D eigenvalue weighted by Gasteiger charge is -2.20. The number of thiol groups is 1. The van der Waals surface area contributed by atoms with Crippen LogP contribution in [0.15, 0.2) is 30.3 Å². The third kappa shape index (κ3) is 4.16. The minimum Gasteiger partial charge on any atom is -0.325 e. The normalized spacial score (nSPS) is 12.7. The molecule has 3 amide bonds. The second kappa shape index (κ2) is 5.96. The van der Waals surface area contributed by atoms with E-state index >= 15 is 0 Å². The number of halogens is 3. The minimum atomic E-state index is -4.58. The number of nitrogens with zero attached hydrogens (tertiary/aromatic N) is 1. The number of imide groups is 1. The second-order valence-corrected chi connectivity index (χ2v) is 4.10. The summed E-state index contributed by atoms with van der Waals surface area (Å²) in [5.74, 6) is -0.809. The molecule has 1 aromatic carbocycles. The Morgan fingerprint density at radius 3 is 2.26 bits per heavy atom. The standard InChI is InChI=1S/C11H11F3N2O2S/c1-7(11(12,13)14)15-10(18)16(19)9(17)8-5-3-2-4-6-8/h2-7,19H,1H3,(H,15,18). The number of carbonyl (C=O) groups excluding carboxylic acids is 2. The fourth-order valence-corrected chi connectivity index (χ4v) is 1.30. The predicted octanol–water partition coefficient (Wildman–Crippen LogP) is 2.63. The molecular formula is C11H11F3N2O2S. The van der Waals surface area contributed by atoms with Crippen LogP contribution in [0.2, 0.25) is 0 Å². The van der Waals surface area contributed by atoms with Crippen LogP contribution in [0.25, 0.3) is 0 Å². The third-order valence-corrected chi connectivity index (χ3v) is 2.60. The molecule has 0 bridgehead atoms. The number of hydrogen-bond donors (Lipinski definition) is 2. The van der Waals surface area contributed by atoms with Crippen LogP contribution in [-0.2, 0) is 0 Å². The fourth-order valence-electron chi connectivity index (χ4n) is 1.12. The summed E-state index contributed by atoms with van der Waals surface area (Å²) in [5, 5.41) is 1.64. The zero-order valence-corrected chi connectivity index (χ0v) is 10.7. The summed E-state index contributed by atoms with van der Waals surface area (Å²) in [6, 6.07) is 4.32. The van der Waals surface area contributed by atoms with E-state index in [1.165, 1.54) is 12.1 Å². The predicted molar refractivity (Wildman–Crippen MR) is 65.6 cm³/mol. The van der Waals surface area contributed by atoms with Crippen molar-refractivity contribution < 1.29 is 22.8 Å². The molecule has 1 N–H and O–H groups in total. The van der Waals surface area contributed by atoms with Gasteiger partial charge in [0.25, 0.3) is 5.91 Å². The molecule has 0 aliphatic heterocycles. The van der Waals surface area contributed by atoms with Crippen LogP contribution >= 0.6 is 12.8 Å². The zero-order chi connectivity index (χ0) is 14.6. The van der Waals surface area contributed by atoms with E-state index in [1.54, 1.807) is 23.5 Å². The lowest BCUT2D eigenvalue weighted by Crippen LogP contribution is -2.48. The van der Waals surface area contributed by atoms with Gasteiger partial charge in [0.2, 0.25) is 0 Å². The number of rotatable bonds is 2. The maximum atomic E-state index is 12.3. The number of nitrogens with one attached hydrogen (secondary N) is 1. The van der Waals surface area contributed by atoms with Crippen LogP contribution in [0.1, 0.15) is 17.3 Å². The molecule has 0 aliphatic carbocycles. The molecule has 0 aliphatic rings. The van der Waals surface area contributed by atoms with Crippen LogP contribution < -0.4 is 5.32 Å². The first kappa shape index (κ1) is 15.4. The van der Waals surface area contributed by atoms with E-state index in [1.807, 2.05) is 0 Å². The molecule has 1 unspecified atom stereocenters. The molecule has 1 aromatic rings. The maximum Gasteiger partial charge on any atom is 0.408 e. The van der Waals surface area contributed by atoms with Crippen molar-refractivity contribution in [2.24, 2.45) is 0 Å². The molecule has 0 aromatic heterocycles. The Morgan fingerprint density at radius 2 is 1.79 bits per heavy atom. The largest absolute Gasteiger partial charge is 0.408 e. The van der Waals surface area contributed by atoms with Gasteiger partial charge in [-0.15, -0.1) is 0 Å². The quantitative estimate of drug-likeness (QED) is 0.823. The second-order valence-electron chi connectivity index (χ2n) is 3.70. The van der Waals surface area contributed by atoms with E-state index in [2.05, 4.69) is 12.8 Å². The van der Waals surface area contributed by atoms with Crippen molar-refractivity contribution in [2.45, 2.75) is 19.1 Å². The monoisotopic (exact) mass is 292 g/mol. The van der Waals surface area contributed by atoms with Crippen LogP contribution in [0.4, 0.5) is 18.0 Å². The number of alkyl halides is 3. The molecule has 0 saturated heterocycles. The highest BCUT2D eigenvalue weighted by molar-refractivity contribution is 7.79. The molecule has 19 heavy (non-hydrogen) atoms. The Morgan fingerprint density at radius 1 is 1.26 bits per heavy atom. The summed E-state index contributed by atoms with van der Waals surface area (Å²) in [7, 11) is 0. The highest BCUT2D eigenvalue weighted by Gasteiger charge is 2.38. The molecule has 4 nitrogen and oxygen atoms in total. The number of amides is 3. The Bertz CT molecular complexity index is 465. The lowest BCUT2D eigenvalue weighted by atomic mass is 10.2. The van der Waals surface area contributed by atoms with Gasteiger partial charge in [0, 0.05) is 5.56 Å². The van der Waals surface area contributed by atoms with Gasteiger partial charge in [0.05, 0.1) is 0 Å². The van der Waals surface area contributed by atoms with Gasteiger partial charge in [-0.25, -0.2) is 9.10 Å². The van der Waals surface area contributed by atoms with Crippen molar-refractivity contribution >= 4 is 24.8 Å². The maximum absolute atomic E-state index is 12.3. The van der Waals surface area contributed by atoms with Gasteiger partial charge in [-0.3, -0.25) is 4.79 Å². The van der Waals surface area contributed by atoms with E-state index in [9.17, 15) is 22.8 Å². The molecule has 1 atom stereocenters. The first-order valence-electron chi connectivity index (χ1n) is 5.19. The highest BCUT2D eigenvalue weighted by Crippen LogP contribution is 2.20. The van der Waals surface area contributed by atoms with Crippen molar-refractivity contribution in [3.05, 3.63) is 35.9 Å². The Kier molecular flexibility index (Phi) is 4.82. The Labute approximate surface area is 113 Å². The minimum absolute atomic E-state index is 0.146. The fraction of sp³-hybridized carbons (Fsp3) is 0.273. The summed E-state index contributed by atoms with van der Waals surface area (Å²) in [4.78, 5) is 23.2. The van der Waals surface area contributed by atoms with Crippen molar-refractivity contribution in [1.29, 1.82) is 0 Å². The molecule has 1 rings (SSSR count). The topological polar surface area (TPSA) is 49.4 Å². The first-order chi connectivity index (χ1) is 8.73. The Hall–Kier alpha value is -1.70. The SMILES string of the molecule is CC(NC(=O)N(S)C(=O)c1ccccc1)C(F)(F)F. The van der Waals surface area contributed by atoms with Gasteiger partial charge in [0.1, 0.15) is 6.04 Å². The van der Waals surface area contributed by atoms with Crippen molar-refractivity contribution in [3.63, 3.8) is 0 Å². The summed E-state index contributed by atoms with van der Waals surface area (Å²) >= 11 is 3.61. The summed E-state index contributed by atoms with van der Waals surface area (Å²) in [6.07, 6.45) is -4.58. The lowest BCUT2D eigenvalue weighted by molar-refractivity contribution is -0.149. The zero-order valence-electron chi connectivity index (χ0n) is 9.81. The average Bonchev–Trinajstić information content (AvgIpc) is 2.36. The molecule has 0 heterocycles. The van der Waals surface area contributed by atoms with Crippen molar-refractivity contribution in [3.8, 4) is 0 Å². The summed E-state index contributed by atoms with van der Waals surface area (Å²) < 4.78 is 37.1. The van der Waals surface area contributed by atoms with E-state index in [0.29, 0.717) is 4.31 Å². The van der Waals surface area contributed by atoms with Gasteiger partial charge in [0.15, 0.2) is 0 Å². The summed E-state index contributed by atoms with van der Waals surface area (Å²) in [5.41, 5.74) is 0.146. The van der Waals surface area contributed by atoms with Gasteiger partial charge in [-0.2, -0.15) is 13.2 Å². The first-order valence-corrected chi connectivity index (χ1v) is 5.59. The smallest absolute Gasteiger partial charge is 0.325 e. The van der Waals surface area contributed by atoms with Gasteiger partial charge in [-0.05, 0) is 19.1 Å². The van der Waals surface area contributed by atoms with Crippen LogP contribution in [0.5, 0.6) is 0 Å². The van der Waals surface area contributed by atoms with Crippen LogP contribution in [0, 0.1) is 0 Å². The van der Waals surface area contributed by atoms with E-state index < -0.39 is 24.2 Å². The molecule has 104 valence electrons. The molecule has 0 radical (unpaired) electrons. The van der Waals surface area contributed by atoms with E-state index in [4.69, 9.17) is 0 Å². The molecule has 0 fully saturated rings. The summed E-state index contributed by atoms with van der Waals surface area (Å²) in [6.45, 7) is 0.770. The van der Waals surface area contributed by atoms with Gasteiger partial charge < -0.3 is 5.32 Å². The van der Waals surface area contributed by atoms with E-state index in [-0.39, 0.29) is 5.56 Å². The Balaban J connectivity index is 2.71. The number of urea groups is 1. The molecular weight excluding hydrogens is 281 g/mol. The molecule has 0 spiro atoms. The highest BCUT2D eigenvalue weighted by atomic mass is 32.1. The number of benzene rings is 1. The van der Waals surface area contributed by atoms with Crippen LogP contribution in [-0.4, -0.2) is 28.5 Å². The van der Waals surface area contributed by atoms with E-state index in [0.717, 1.165) is 6.92 Å².